The zero-order valence-corrected chi connectivity index (χ0v) is 18.6. The summed E-state index contributed by atoms with van der Waals surface area (Å²) in [6, 6.07) is 14.6. The molecule has 2 aromatic carbocycles. The monoisotopic (exact) mass is 424 g/mol. The normalized spacial score (nSPS) is 14.7. The molecule has 0 radical (unpaired) electrons. The number of carbonyl (C=O) groups is 2. The summed E-state index contributed by atoms with van der Waals surface area (Å²) >= 11 is 0. The highest BCUT2D eigenvalue weighted by Gasteiger charge is 2.29. The molecule has 0 aliphatic heterocycles. The number of hydrogen-bond donors (Lipinski definition) is 1. The molecule has 1 fully saturated rings. The van der Waals surface area contributed by atoms with Crippen molar-refractivity contribution in [1.82, 2.24) is 10.2 Å². The van der Waals surface area contributed by atoms with Crippen molar-refractivity contribution >= 4 is 11.8 Å². The quantitative estimate of drug-likeness (QED) is 0.664. The van der Waals surface area contributed by atoms with Gasteiger partial charge in [0.2, 0.25) is 5.91 Å². The van der Waals surface area contributed by atoms with E-state index < -0.39 is 6.04 Å². The van der Waals surface area contributed by atoms with E-state index in [2.05, 4.69) is 5.32 Å². The van der Waals surface area contributed by atoms with Gasteiger partial charge in [-0.2, -0.15) is 0 Å². The minimum atomic E-state index is -0.591. The van der Waals surface area contributed by atoms with Crippen LogP contribution >= 0.6 is 0 Å². The average molecular weight is 425 g/mol. The van der Waals surface area contributed by atoms with Crippen LogP contribution in [0.25, 0.3) is 0 Å². The Bertz CT molecular complexity index is 875. The number of methoxy groups -OCH3 is 1. The summed E-state index contributed by atoms with van der Waals surface area (Å²) < 4.78 is 10.8. The number of nitrogens with zero attached hydrogens (tertiary/aromatic N) is 1. The minimum Gasteiger partial charge on any atom is -0.497 e. The molecule has 1 aliphatic rings. The molecule has 1 saturated carbocycles. The summed E-state index contributed by atoms with van der Waals surface area (Å²) in [6.45, 7) is 4.01. The van der Waals surface area contributed by atoms with Gasteiger partial charge in [0.05, 0.1) is 7.11 Å². The van der Waals surface area contributed by atoms with Crippen molar-refractivity contribution in [2.75, 3.05) is 13.7 Å². The van der Waals surface area contributed by atoms with Crippen LogP contribution in [0.1, 0.15) is 43.7 Å². The first-order valence-electron chi connectivity index (χ1n) is 10.9. The standard InChI is InChI=1S/C25H32N2O4/c1-18-8-4-5-9-20(18)16-27(19(2)25(29)26-21-10-6-7-11-21)24(28)17-31-23-14-12-22(30-3)13-15-23/h4-5,8-9,12-15,19,21H,6-7,10-11,16-17H2,1-3H3,(H,26,29)/t19-/m0/s1. The van der Waals surface area contributed by atoms with Crippen LogP contribution in [0.15, 0.2) is 48.5 Å². The highest BCUT2D eigenvalue weighted by atomic mass is 16.5. The minimum absolute atomic E-state index is 0.113. The Labute approximate surface area is 184 Å². The number of benzene rings is 2. The molecule has 166 valence electrons. The van der Waals surface area contributed by atoms with Crippen molar-refractivity contribution in [3.05, 3.63) is 59.7 Å². The summed E-state index contributed by atoms with van der Waals surface area (Å²) in [7, 11) is 1.60. The van der Waals surface area contributed by atoms with Crippen molar-refractivity contribution in [1.29, 1.82) is 0 Å². The lowest BCUT2D eigenvalue weighted by Crippen LogP contribution is -2.50. The molecule has 0 heterocycles. The maximum atomic E-state index is 13.1. The van der Waals surface area contributed by atoms with Crippen molar-refractivity contribution in [2.45, 2.75) is 58.2 Å². The summed E-state index contributed by atoms with van der Waals surface area (Å²) in [4.78, 5) is 27.6. The molecule has 0 unspecified atom stereocenters. The van der Waals surface area contributed by atoms with Crippen molar-refractivity contribution in [2.24, 2.45) is 0 Å². The number of aryl methyl sites for hydroxylation is 1. The summed E-state index contributed by atoms with van der Waals surface area (Å²) in [5.41, 5.74) is 2.10. The lowest BCUT2D eigenvalue weighted by Gasteiger charge is -2.30. The zero-order chi connectivity index (χ0) is 22.2. The SMILES string of the molecule is COc1ccc(OCC(=O)N(Cc2ccccc2C)[C@@H](C)C(=O)NC2CCCC2)cc1. The number of nitrogens with one attached hydrogen (secondary N) is 1. The fourth-order valence-corrected chi connectivity index (χ4v) is 3.85. The third-order valence-electron chi connectivity index (χ3n) is 5.89. The topological polar surface area (TPSA) is 67.9 Å². The van der Waals surface area contributed by atoms with E-state index in [9.17, 15) is 9.59 Å². The number of amides is 2. The molecule has 6 nitrogen and oxygen atoms in total. The molecule has 0 bridgehead atoms. The largest absolute Gasteiger partial charge is 0.497 e. The second-order valence-corrected chi connectivity index (χ2v) is 8.08. The first-order chi connectivity index (χ1) is 15.0. The summed E-state index contributed by atoms with van der Waals surface area (Å²) in [5, 5.41) is 3.11. The molecule has 0 saturated heterocycles. The molecule has 2 amide bonds. The van der Waals surface area contributed by atoms with Crippen LogP contribution in [0.2, 0.25) is 0 Å². The number of carbonyl (C=O) groups excluding carboxylic acids is 2. The van der Waals surface area contributed by atoms with E-state index in [0.717, 1.165) is 42.6 Å². The highest BCUT2D eigenvalue weighted by molar-refractivity contribution is 5.88. The Hall–Kier alpha value is -3.02. The van der Waals surface area contributed by atoms with E-state index in [1.165, 1.54) is 0 Å². The Morgan fingerprint density at radius 3 is 2.35 bits per heavy atom. The van der Waals surface area contributed by atoms with E-state index in [-0.39, 0.29) is 24.5 Å². The molecule has 1 atom stereocenters. The molecule has 2 aromatic rings. The molecule has 6 heteroatoms. The van der Waals surface area contributed by atoms with Gasteiger partial charge < -0.3 is 19.7 Å². The van der Waals surface area contributed by atoms with Gasteiger partial charge in [-0.1, -0.05) is 37.1 Å². The fraction of sp³-hybridized carbons (Fsp3) is 0.440. The van der Waals surface area contributed by atoms with Crippen molar-refractivity contribution in [3.8, 4) is 11.5 Å². The van der Waals surface area contributed by atoms with Crippen molar-refractivity contribution in [3.63, 3.8) is 0 Å². The Balaban J connectivity index is 1.70. The zero-order valence-electron chi connectivity index (χ0n) is 18.6. The van der Waals surface area contributed by atoms with E-state index in [1.807, 2.05) is 31.2 Å². The van der Waals surface area contributed by atoms with Crippen LogP contribution in [-0.4, -0.2) is 42.5 Å². The highest BCUT2D eigenvalue weighted by Crippen LogP contribution is 2.20. The molecule has 0 aromatic heterocycles. The average Bonchev–Trinajstić information content (AvgIpc) is 3.30. The Morgan fingerprint density at radius 2 is 1.71 bits per heavy atom. The van der Waals surface area contributed by atoms with Gasteiger partial charge in [-0.25, -0.2) is 0 Å². The third kappa shape index (κ3) is 6.23. The van der Waals surface area contributed by atoms with E-state index in [4.69, 9.17) is 9.47 Å². The van der Waals surface area contributed by atoms with Gasteiger partial charge in [-0.05, 0) is 62.1 Å². The molecule has 3 rings (SSSR count). The molecule has 1 aliphatic carbocycles. The van der Waals surface area contributed by atoms with Gasteiger partial charge in [0, 0.05) is 12.6 Å². The maximum absolute atomic E-state index is 13.1. The smallest absolute Gasteiger partial charge is 0.261 e. The molecule has 31 heavy (non-hydrogen) atoms. The lowest BCUT2D eigenvalue weighted by molar-refractivity contribution is -0.142. The van der Waals surface area contributed by atoms with Gasteiger partial charge in [0.25, 0.3) is 5.91 Å². The van der Waals surface area contributed by atoms with Gasteiger partial charge in [0.1, 0.15) is 17.5 Å². The van der Waals surface area contributed by atoms with Crippen LogP contribution in [0.4, 0.5) is 0 Å². The summed E-state index contributed by atoms with van der Waals surface area (Å²) in [5.74, 6) is 0.955. The van der Waals surface area contributed by atoms with E-state index in [0.29, 0.717) is 12.3 Å². The first kappa shape index (κ1) is 22.7. The van der Waals surface area contributed by atoms with Gasteiger partial charge in [0.15, 0.2) is 6.61 Å². The van der Waals surface area contributed by atoms with Crippen LogP contribution in [0, 0.1) is 6.92 Å². The Morgan fingerprint density at radius 1 is 1.06 bits per heavy atom. The molecular weight excluding hydrogens is 392 g/mol. The van der Waals surface area contributed by atoms with Crippen LogP contribution in [0.5, 0.6) is 11.5 Å². The third-order valence-corrected chi connectivity index (χ3v) is 5.89. The molecule has 0 spiro atoms. The fourth-order valence-electron chi connectivity index (χ4n) is 3.85. The number of hydrogen-bond acceptors (Lipinski definition) is 4. The predicted octanol–water partition coefficient (Wildman–Crippen LogP) is 3.86. The van der Waals surface area contributed by atoms with Gasteiger partial charge in [-0.15, -0.1) is 0 Å². The Kier molecular flexibility index (Phi) is 7.93. The summed E-state index contributed by atoms with van der Waals surface area (Å²) in [6.07, 6.45) is 4.29. The second-order valence-electron chi connectivity index (χ2n) is 8.08. The lowest BCUT2D eigenvalue weighted by atomic mass is 10.1. The van der Waals surface area contributed by atoms with Crippen LogP contribution < -0.4 is 14.8 Å². The van der Waals surface area contributed by atoms with Crippen LogP contribution in [-0.2, 0) is 16.1 Å². The number of rotatable bonds is 9. The van der Waals surface area contributed by atoms with E-state index >= 15 is 0 Å². The molecule has 1 N–H and O–H groups in total. The van der Waals surface area contributed by atoms with E-state index in [1.54, 1.807) is 43.2 Å². The first-order valence-corrected chi connectivity index (χ1v) is 10.9. The van der Waals surface area contributed by atoms with Gasteiger partial charge in [-0.3, -0.25) is 9.59 Å². The predicted molar refractivity (Wildman–Crippen MR) is 120 cm³/mol. The van der Waals surface area contributed by atoms with Crippen LogP contribution in [0.3, 0.4) is 0 Å². The maximum Gasteiger partial charge on any atom is 0.261 e. The second kappa shape index (κ2) is 10.8. The molecular formula is C25H32N2O4. The van der Waals surface area contributed by atoms with Crippen molar-refractivity contribution < 1.29 is 19.1 Å². The number of ether oxygens (including phenoxy) is 2. The van der Waals surface area contributed by atoms with Gasteiger partial charge >= 0.3 is 0 Å².